The lowest BCUT2D eigenvalue weighted by molar-refractivity contribution is -0.147. The molecule has 0 rings (SSSR count). The van der Waals surface area contributed by atoms with Crippen LogP contribution < -0.4 is 5.32 Å². The molecule has 0 aliphatic heterocycles. The topological polar surface area (TPSA) is 131 Å². The molecule has 3 N–H and O–H groups in total. The summed E-state index contributed by atoms with van der Waals surface area (Å²) in [5.41, 5.74) is 0. The van der Waals surface area contributed by atoms with E-state index in [0.29, 0.717) is 6.42 Å². The zero-order valence-corrected chi connectivity index (χ0v) is 34.9. The van der Waals surface area contributed by atoms with Crippen molar-refractivity contribution in [1.29, 1.82) is 0 Å². The molecule has 1 amide bonds. The van der Waals surface area contributed by atoms with Crippen LogP contribution in [-0.2, 0) is 27.9 Å². The molecule has 10 heteroatoms. The number of amides is 1. The van der Waals surface area contributed by atoms with Crippen LogP contribution in [-0.4, -0.2) is 54.3 Å². The fourth-order valence-corrected chi connectivity index (χ4v) is 6.51. The molecule has 0 saturated carbocycles. The fourth-order valence-electron chi connectivity index (χ4n) is 5.76. The largest absolute Gasteiger partial charge is 0.472 e. The predicted molar refractivity (Wildman–Crippen MR) is 220 cm³/mol. The van der Waals surface area contributed by atoms with Crippen LogP contribution in [0.15, 0.2) is 36.5 Å². The van der Waals surface area contributed by atoms with Crippen LogP contribution >= 0.6 is 7.82 Å². The first-order valence-electron chi connectivity index (χ1n) is 21.5. The monoisotopic (exact) mass is 770 g/mol. The normalized spacial score (nSPS) is 13.7. The second-order valence-corrected chi connectivity index (χ2v) is 15.8. The molecule has 0 bridgehead atoms. The smallest absolute Gasteiger partial charge is 0.463 e. The van der Waals surface area contributed by atoms with Crippen molar-refractivity contribution in [3.8, 4) is 0 Å². The average Bonchev–Trinajstić information content (AvgIpc) is 3.14. The zero-order valence-electron chi connectivity index (χ0n) is 34.0. The van der Waals surface area contributed by atoms with Gasteiger partial charge in [-0.05, 0) is 70.6 Å². The number of hydrogen-bond acceptors (Lipinski definition) is 7. The van der Waals surface area contributed by atoms with Gasteiger partial charge in [-0.15, -0.1) is 0 Å². The Morgan fingerprint density at radius 2 is 1.02 bits per heavy atom. The van der Waals surface area contributed by atoms with Crippen LogP contribution in [0.1, 0.15) is 194 Å². The number of unbranched alkanes of at least 4 members (excludes halogenated alkanes) is 21. The molecule has 0 aromatic rings. The van der Waals surface area contributed by atoms with E-state index >= 15 is 0 Å². The Balaban J connectivity index is 3.62. The number of aliphatic hydroxyl groups excluding tert-OH is 1. The molecule has 0 spiro atoms. The summed E-state index contributed by atoms with van der Waals surface area (Å²) >= 11 is 0. The number of allylic oxidation sites excluding steroid dienone is 6. The van der Waals surface area contributed by atoms with Gasteiger partial charge in [-0.25, -0.2) is 4.57 Å². The van der Waals surface area contributed by atoms with Crippen LogP contribution in [0, 0.1) is 0 Å². The van der Waals surface area contributed by atoms with Crippen molar-refractivity contribution in [1.82, 2.24) is 5.32 Å². The van der Waals surface area contributed by atoms with Gasteiger partial charge in [0.25, 0.3) is 0 Å². The molecule has 0 aromatic heterocycles. The van der Waals surface area contributed by atoms with Crippen molar-refractivity contribution in [3.63, 3.8) is 0 Å². The molecular weight excluding hydrogens is 689 g/mol. The molecule has 0 saturated heterocycles. The van der Waals surface area contributed by atoms with Crippen molar-refractivity contribution < 1.29 is 37.9 Å². The number of hydrogen-bond donors (Lipinski definition) is 3. The number of aliphatic hydroxyl groups is 1. The maximum Gasteiger partial charge on any atom is 0.472 e. The molecule has 0 aliphatic rings. The van der Waals surface area contributed by atoms with Gasteiger partial charge in [-0.1, -0.05) is 147 Å². The van der Waals surface area contributed by atoms with Gasteiger partial charge in [0, 0.05) is 19.4 Å². The highest BCUT2D eigenvalue weighted by molar-refractivity contribution is 7.47. The van der Waals surface area contributed by atoms with E-state index in [9.17, 15) is 24.2 Å². The summed E-state index contributed by atoms with van der Waals surface area (Å²) in [7, 11) is -4.42. The Hall–Kier alpha value is -1.77. The van der Waals surface area contributed by atoms with Crippen molar-refractivity contribution in [2.75, 3.05) is 26.4 Å². The van der Waals surface area contributed by atoms with Gasteiger partial charge in [0.15, 0.2) is 0 Å². The molecule has 310 valence electrons. The lowest BCUT2D eigenvalue weighted by Crippen LogP contribution is -2.27. The molecule has 0 radical (unpaired) electrons. The number of ether oxygens (including phenoxy) is 1. The summed E-state index contributed by atoms with van der Waals surface area (Å²) in [5, 5.41) is 12.7. The maximum atomic E-state index is 12.1. The number of phosphoric acid groups is 1. The lowest BCUT2D eigenvalue weighted by Gasteiger charge is -2.15. The van der Waals surface area contributed by atoms with E-state index < -0.39 is 26.5 Å². The van der Waals surface area contributed by atoms with E-state index in [2.05, 4.69) is 55.6 Å². The van der Waals surface area contributed by atoms with Crippen molar-refractivity contribution >= 4 is 19.7 Å². The van der Waals surface area contributed by atoms with E-state index in [-0.39, 0.29) is 32.1 Å². The van der Waals surface area contributed by atoms with Crippen LogP contribution in [0.5, 0.6) is 0 Å². The van der Waals surface area contributed by atoms with Crippen LogP contribution in [0.25, 0.3) is 0 Å². The van der Waals surface area contributed by atoms with Gasteiger partial charge >= 0.3 is 13.8 Å². The van der Waals surface area contributed by atoms with Gasteiger partial charge < -0.3 is 20.1 Å². The second kappa shape index (κ2) is 39.9. The Morgan fingerprint density at radius 1 is 0.585 bits per heavy atom. The fraction of sp³-hybridized carbons (Fsp3) is 0.814. The SMILES string of the molecule is CCCCC/C=C\C/C=C\CCCCCCCC(=O)OCC(O)COP(=O)(O)OCCNC(=O)CCCCCCCCC/C=C\CCCCCCCC. The molecule has 53 heavy (non-hydrogen) atoms. The average molecular weight is 770 g/mol. The Morgan fingerprint density at radius 3 is 1.57 bits per heavy atom. The molecule has 9 nitrogen and oxygen atoms in total. The first-order valence-corrected chi connectivity index (χ1v) is 23.0. The van der Waals surface area contributed by atoms with Crippen LogP contribution in [0.4, 0.5) is 0 Å². The quantitative estimate of drug-likeness (QED) is 0.0243. The molecular formula is C43H80NO8P. The third-order valence-corrected chi connectivity index (χ3v) is 10.0. The van der Waals surface area contributed by atoms with Crippen LogP contribution in [0.2, 0.25) is 0 Å². The zero-order chi connectivity index (χ0) is 38.9. The number of rotatable bonds is 40. The van der Waals surface area contributed by atoms with Crippen molar-refractivity contribution in [2.45, 2.75) is 200 Å². The Bertz CT molecular complexity index is 970. The molecule has 0 heterocycles. The highest BCUT2D eigenvalue weighted by Crippen LogP contribution is 2.42. The van der Waals surface area contributed by atoms with E-state index in [1.807, 2.05) is 0 Å². The summed E-state index contributed by atoms with van der Waals surface area (Å²) < 4.78 is 26.8. The third kappa shape index (κ3) is 41.2. The summed E-state index contributed by atoms with van der Waals surface area (Å²) in [6.45, 7) is 3.50. The number of esters is 1. The maximum absolute atomic E-state index is 12.1. The van der Waals surface area contributed by atoms with Crippen molar-refractivity contribution in [2.24, 2.45) is 0 Å². The van der Waals surface area contributed by atoms with Crippen molar-refractivity contribution in [3.05, 3.63) is 36.5 Å². The van der Waals surface area contributed by atoms with E-state index in [1.165, 1.54) is 103 Å². The Kier molecular flexibility index (Phi) is 38.6. The minimum atomic E-state index is -4.42. The first-order chi connectivity index (χ1) is 25.8. The second-order valence-electron chi connectivity index (χ2n) is 14.3. The number of phosphoric ester groups is 1. The van der Waals surface area contributed by atoms with Gasteiger partial charge in [-0.3, -0.25) is 18.6 Å². The summed E-state index contributed by atoms with van der Waals surface area (Å²) in [5.74, 6) is -0.534. The predicted octanol–water partition coefficient (Wildman–Crippen LogP) is 11.8. The molecule has 2 unspecified atom stereocenters. The van der Waals surface area contributed by atoms with Gasteiger partial charge in [0.05, 0.1) is 13.2 Å². The van der Waals surface area contributed by atoms with E-state index in [0.717, 1.165) is 64.2 Å². The standard InChI is InChI=1S/C43H80NO8P/c1-3-5-7-9-11-13-15-17-19-20-22-23-25-27-29-31-33-35-42(46)44-37-38-51-53(48,49)52-40-41(45)39-50-43(47)36-34-32-30-28-26-24-21-18-16-14-12-10-8-6-4-2/h12,14,17-19,21,41,45H,3-11,13,15-16,20,22-40H2,1-2H3,(H,44,46)(H,48,49)/b14-12-,19-17-,21-18-. The summed E-state index contributed by atoms with van der Waals surface area (Å²) in [4.78, 5) is 33.9. The van der Waals surface area contributed by atoms with Gasteiger partial charge in [-0.2, -0.15) is 0 Å². The molecule has 2 atom stereocenters. The van der Waals surface area contributed by atoms with E-state index in [1.54, 1.807) is 0 Å². The number of carbonyl (C=O) groups excluding carboxylic acids is 2. The summed E-state index contributed by atoms with van der Waals surface area (Å²) in [6.07, 6.45) is 43.5. The molecule has 0 aromatic carbocycles. The van der Waals surface area contributed by atoms with Gasteiger partial charge in [0.1, 0.15) is 12.7 Å². The highest BCUT2D eigenvalue weighted by atomic mass is 31.2. The highest BCUT2D eigenvalue weighted by Gasteiger charge is 2.23. The molecule has 0 fully saturated rings. The minimum absolute atomic E-state index is 0.0779. The number of carbonyl (C=O) groups is 2. The molecule has 0 aliphatic carbocycles. The first kappa shape index (κ1) is 51.2. The number of nitrogens with one attached hydrogen (secondary N) is 1. The third-order valence-electron chi connectivity index (χ3n) is 9.04. The summed E-state index contributed by atoms with van der Waals surface area (Å²) in [6, 6.07) is 0. The van der Waals surface area contributed by atoms with Crippen LogP contribution in [0.3, 0.4) is 0 Å². The van der Waals surface area contributed by atoms with Gasteiger partial charge in [0.2, 0.25) is 5.91 Å². The Labute approximate surface area is 324 Å². The lowest BCUT2D eigenvalue weighted by atomic mass is 10.1. The minimum Gasteiger partial charge on any atom is -0.463 e. The van der Waals surface area contributed by atoms with E-state index in [4.69, 9.17) is 13.8 Å².